The summed E-state index contributed by atoms with van der Waals surface area (Å²) < 4.78 is 0. The van der Waals surface area contributed by atoms with Crippen LogP contribution in [0.1, 0.15) is 49.9 Å². The summed E-state index contributed by atoms with van der Waals surface area (Å²) in [5.41, 5.74) is 26.8. The molecule has 15 aromatic rings. The van der Waals surface area contributed by atoms with Gasteiger partial charge in [-0.2, -0.15) is 0 Å². The molecule has 2 nitrogen and oxygen atoms in total. The maximum Gasteiger partial charge on any atom is 0.0540 e. The Morgan fingerprint density at radius 2 is 0.727 bits per heavy atom. The number of hydrogen-bond donors (Lipinski definition) is 0. The largest absolute Gasteiger partial charge is 0.310 e. The second-order valence-corrected chi connectivity index (χ2v) is 25.5. The summed E-state index contributed by atoms with van der Waals surface area (Å²) in [5.74, 6) is 0. The molecule has 0 saturated carbocycles. The van der Waals surface area contributed by atoms with Gasteiger partial charge in [-0.1, -0.05) is 246 Å². The Kier molecular flexibility index (Phi) is 10.8. The van der Waals surface area contributed by atoms with Crippen molar-refractivity contribution in [1.29, 1.82) is 0 Å². The van der Waals surface area contributed by atoms with Crippen LogP contribution in [0.25, 0.3) is 121 Å². The lowest BCUT2D eigenvalue weighted by molar-refractivity contribution is 0.645. The normalized spacial score (nSPS) is 13.6. The van der Waals surface area contributed by atoms with Crippen molar-refractivity contribution in [3.63, 3.8) is 0 Å². The van der Waals surface area contributed by atoms with Gasteiger partial charge in [-0.15, -0.1) is 0 Å². The van der Waals surface area contributed by atoms with Crippen molar-refractivity contribution in [2.45, 2.75) is 38.5 Å². The summed E-state index contributed by atoms with van der Waals surface area (Å²) in [6, 6.07) is 110. The van der Waals surface area contributed by atoms with E-state index in [-0.39, 0.29) is 10.8 Å². The highest BCUT2D eigenvalue weighted by Gasteiger charge is 2.38. The number of para-hydroxylation sites is 2. The van der Waals surface area contributed by atoms with Crippen LogP contribution in [0.4, 0.5) is 34.1 Å². The highest BCUT2D eigenvalue weighted by Crippen LogP contribution is 2.57. The highest BCUT2D eigenvalue weighted by molar-refractivity contribution is 6.24. The van der Waals surface area contributed by atoms with E-state index >= 15 is 0 Å². The fourth-order valence-corrected chi connectivity index (χ4v) is 16.1. The molecule has 88 heavy (non-hydrogen) atoms. The van der Waals surface area contributed by atoms with Crippen molar-refractivity contribution >= 4 is 88.0 Å². The third kappa shape index (κ3) is 7.24. The Morgan fingerprint density at radius 1 is 0.239 bits per heavy atom. The van der Waals surface area contributed by atoms with Gasteiger partial charge in [0, 0.05) is 44.7 Å². The quantitative estimate of drug-likeness (QED) is 0.140. The third-order valence-electron chi connectivity index (χ3n) is 20.1. The molecule has 0 saturated heterocycles. The molecule has 0 bridgehead atoms. The first-order valence-electron chi connectivity index (χ1n) is 31.0. The van der Waals surface area contributed by atoms with Gasteiger partial charge in [-0.25, -0.2) is 0 Å². The first-order chi connectivity index (χ1) is 43.2. The van der Waals surface area contributed by atoms with Crippen molar-refractivity contribution in [2.24, 2.45) is 0 Å². The van der Waals surface area contributed by atoms with E-state index in [1.807, 2.05) is 0 Å². The van der Waals surface area contributed by atoms with E-state index in [0.29, 0.717) is 0 Å². The molecule has 0 aliphatic heterocycles. The number of hydrogen-bond acceptors (Lipinski definition) is 2. The van der Waals surface area contributed by atoms with Gasteiger partial charge in [0.15, 0.2) is 0 Å². The standard InChI is InChI=1S/C86H60N2/c1-85(2)76-36-19-25-55-24-18-33-68(82(55)76)65-44-39-61(52-78(65)85)87(57-26-10-6-11-27-57)59-40-45-71-74(50-59)80(54-22-8-5-9-23-54)70-46-41-60(51-75(70)81(71)56-38-42-66-72-43-37-53-21-14-15-30-62(53)84(72)86(3,4)77(66)49-56)88(58-28-12-7-13-29-58)79-48-47-69-64-32-17-16-31-63(64)67-34-20-35-73(79)83(67)69/h5-52H,1-4H3. The second kappa shape index (κ2) is 18.8. The summed E-state index contributed by atoms with van der Waals surface area (Å²) in [5, 5.41) is 12.6. The highest BCUT2D eigenvalue weighted by atomic mass is 15.1. The molecule has 0 spiro atoms. The molecule has 0 heterocycles. The summed E-state index contributed by atoms with van der Waals surface area (Å²) in [7, 11) is 0. The van der Waals surface area contributed by atoms with E-state index in [1.165, 1.54) is 143 Å². The minimum Gasteiger partial charge on any atom is -0.310 e. The van der Waals surface area contributed by atoms with Gasteiger partial charge in [0.25, 0.3) is 0 Å². The maximum absolute atomic E-state index is 2.54. The number of benzene rings is 15. The predicted molar refractivity (Wildman–Crippen MR) is 374 cm³/mol. The van der Waals surface area contributed by atoms with Crippen molar-refractivity contribution in [2.75, 3.05) is 9.80 Å². The van der Waals surface area contributed by atoms with Crippen LogP contribution >= 0.6 is 0 Å². The van der Waals surface area contributed by atoms with Gasteiger partial charge < -0.3 is 9.80 Å². The molecule has 0 atom stereocenters. The molecule has 0 radical (unpaired) electrons. The summed E-state index contributed by atoms with van der Waals surface area (Å²) >= 11 is 0. The van der Waals surface area contributed by atoms with Crippen LogP contribution < -0.4 is 9.80 Å². The Balaban J connectivity index is 0.907. The summed E-state index contributed by atoms with van der Waals surface area (Å²) in [4.78, 5) is 4.97. The van der Waals surface area contributed by atoms with Gasteiger partial charge in [-0.3, -0.25) is 0 Å². The van der Waals surface area contributed by atoms with Crippen molar-refractivity contribution in [3.05, 3.63) is 313 Å². The minimum atomic E-state index is -0.261. The van der Waals surface area contributed by atoms with Gasteiger partial charge in [0.1, 0.15) is 0 Å². The van der Waals surface area contributed by atoms with E-state index in [0.717, 1.165) is 34.1 Å². The first kappa shape index (κ1) is 50.5. The van der Waals surface area contributed by atoms with Crippen LogP contribution in [0.3, 0.4) is 0 Å². The molecule has 0 N–H and O–H groups in total. The molecule has 0 aromatic heterocycles. The van der Waals surface area contributed by atoms with Crippen LogP contribution in [0.5, 0.6) is 0 Å². The molecule has 414 valence electrons. The SMILES string of the molecule is CC1(C)c2cc(-c3c4ccc(N(c5ccccc5)c5ccc6c(c5)C(C)(C)c5cccc7cccc-6c57)cc4c(-c4ccccc4)c4ccc(N(c5ccccc5)c5ccc6c7c(cccc57)-c5ccccc5-6)cc34)ccc2-c2ccc3ccccc3c21. The number of fused-ring (bicyclic) bond motifs is 12. The van der Waals surface area contributed by atoms with Crippen LogP contribution in [0.15, 0.2) is 291 Å². The zero-order chi connectivity index (χ0) is 58.6. The molecule has 3 aliphatic rings. The predicted octanol–water partition coefficient (Wildman–Crippen LogP) is 24.0. The van der Waals surface area contributed by atoms with E-state index in [2.05, 4.69) is 329 Å². The number of anilines is 6. The minimum absolute atomic E-state index is 0.243. The molecule has 0 unspecified atom stereocenters. The zero-order valence-electron chi connectivity index (χ0n) is 49.6. The van der Waals surface area contributed by atoms with E-state index in [9.17, 15) is 0 Å². The zero-order valence-corrected chi connectivity index (χ0v) is 49.6. The molecular formula is C86H60N2. The maximum atomic E-state index is 2.54. The van der Waals surface area contributed by atoms with E-state index in [4.69, 9.17) is 0 Å². The fraction of sp³-hybridized carbons (Fsp3) is 0.0698. The lowest BCUT2D eigenvalue weighted by Crippen LogP contribution is -2.24. The van der Waals surface area contributed by atoms with Gasteiger partial charge >= 0.3 is 0 Å². The van der Waals surface area contributed by atoms with Crippen LogP contribution in [-0.2, 0) is 10.8 Å². The van der Waals surface area contributed by atoms with Crippen molar-refractivity contribution < 1.29 is 0 Å². The Labute approximate surface area is 513 Å². The molecule has 3 aliphatic carbocycles. The topological polar surface area (TPSA) is 6.48 Å². The Hall–Kier alpha value is -10.8. The number of nitrogens with zero attached hydrogens (tertiary/aromatic N) is 2. The van der Waals surface area contributed by atoms with Crippen molar-refractivity contribution in [3.8, 4) is 66.8 Å². The second-order valence-electron chi connectivity index (χ2n) is 25.5. The molecule has 18 rings (SSSR count). The summed E-state index contributed by atoms with van der Waals surface area (Å²) in [6.45, 7) is 9.67. The molecule has 2 heteroatoms. The Morgan fingerprint density at radius 3 is 1.45 bits per heavy atom. The van der Waals surface area contributed by atoms with Crippen LogP contribution in [0, 0.1) is 0 Å². The summed E-state index contributed by atoms with van der Waals surface area (Å²) in [6.07, 6.45) is 0. The molecule has 0 amide bonds. The van der Waals surface area contributed by atoms with Crippen LogP contribution in [0.2, 0.25) is 0 Å². The van der Waals surface area contributed by atoms with Gasteiger partial charge in [-0.05, 0) is 210 Å². The van der Waals surface area contributed by atoms with Gasteiger partial charge in [0.05, 0.1) is 5.69 Å². The monoisotopic (exact) mass is 1120 g/mol. The van der Waals surface area contributed by atoms with E-state index < -0.39 is 0 Å². The molecule has 0 fully saturated rings. The average molecular weight is 1120 g/mol. The lowest BCUT2D eigenvalue weighted by Gasteiger charge is -2.36. The van der Waals surface area contributed by atoms with E-state index in [1.54, 1.807) is 0 Å². The molecule has 15 aromatic carbocycles. The third-order valence-corrected chi connectivity index (χ3v) is 20.1. The van der Waals surface area contributed by atoms with Crippen molar-refractivity contribution in [1.82, 2.24) is 0 Å². The Bertz CT molecular complexity index is 5410. The van der Waals surface area contributed by atoms with Crippen LogP contribution in [-0.4, -0.2) is 0 Å². The number of rotatable bonds is 8. The van der Waals surface area contributed by atoms with Gasteiger partial charge in [0.2, 0.25) is 0 Å². The fourth-order valence-electron chi connectivity index (χ4n) is 16.1. The average Bonchev–Trinajstić information content (AvgIpc) is 1.42. The smallest absolute Gasteiger partial charge is 0.0540 e. The molecular weight excluding hydrogens is 1060 g/mol. The lowest BCUT2D eigenvalue weighted by atomic mass is 9.68. The first-order valence-corrected chi connectivity index (χ1v) is 31.0.